The molecule has 1 atom stereocenters. The summed E-state index contributed by atoms with van der Waals surface area (Å²) >= 11 is 0. The Morgan fingerprint density at radius 3 is 2.78 bits per heavy atom. The van der Waals surface area contributed by atoms with E-state index in [-0.39, 0.29) is 18.1 Å². The standard InChI is InChI=1S/C18H21N3O2/c1-13(2)23-17-7-3-5-15(20-17)18(22)21-12-4-6-16(21)14-8-10-19-11-9-14/h3,5,7-11,13,16H,4,6,12H2,1-2H3. The van der Waals surface area contributed by atoms with Gasteiger partial charge in [-0.3, -0.25) is 9.78 Å². The molecule has 0 spiro atoms. The third-order valence-corrected chi connectivity index (χ3v) is 3.90. The molecule has 23 heavy (non-hydrogen) atoms. The number of hydrogen-bond acceptors (Lipinski definition) is 4. The molecule has 1 unspecified atom stereocenters. The van der Waals surface area contributed by atoms with Crippen LogP contribution < -0.4 is 4.74 Å². The second-order valence-corrected chi connectivity index (χ2v) is 5.96. The van der Waals surface area contributed by atoms with Crippen molar-refractivity contribution in [3.63, 3.8) is 0 Å². The highest BCUT2D eigenvalue weighted by Crippen LogP contribution is 2.32. The van der Waals surface area contributed by atoms with Gasteiger partial charge in [-0.15, -0.1) is 0 Å². The monoisotopic (exact) mass is 311 g/mol. The topological polar surface area (TPSA) is 55.3 Å². The molecule has 1 fully saturated rings. The van der Waals surface area contributed by atoms with Crippen molar-refractivity contribution in [3.8, 4) is 5.88 Å². The van der Waals surface area contributed by atoms with Gasteiger partial charge in [0.15, 0.2) is 0 Å². The highest BCUT2D eigenvalue weighted by Gasteiger charge is 2.31. The average Bonchev–Trinajstić information content (AvgIpc) is 3.04. The van der Waals surface area contributed by atoms with E-state index >= 15 is 0 Å². The molecule has 2 aromatic heterocycles. The predicted molar refractivity (Wildman–Crippen MR) is 87.2 cm³/mol. The quantitative estimate of drug-likeness (QED) is 0.870. The van der Waals surface area contributed by atoms with E-state index in [4.69, 9.17) is 4.74 Å². The molecule has 0 N–H and O–H groups in total. The number of nitrogens with zero attached hydrogens (tertiary/aromatic N) is 3. The van der Waals surface area contributed by atoms with Crippen LogP contribution in [-0.2, 0) is 0 Å². The van der Waals surface area contributed by atoms with Gasteiger partial charge in [0, 0.05) is 25.0 Å². The third kappa shape index (κ3) is 3.50. The van der Waals surface area contributed by atoms with Crippen LogP contribution in [0.1, 0.15) is 48.8 Å². The maximum atomic E-state index is 12.9. The van der Waals surface area contributed by atoms with E-state index in [1.165, 1.54) is 0 Å². The van der Waals surface area contributed by atoms with Crippen molar-refractivity contribution in [1.82, 2.24) is 14.9 Å². The molecule has 3 rings (SSSR count). The number of aromatic nitrogens is 2. The van der Waals surface area contributed by atoms with E-state index in [9.17, 15) is 4.79 Å². The van der Waals surface area contributed by atoms with Crippen LogP contribution in [0.15, 0.2) is 42.7 Å². The van der Waals surface area contributed by atoms with Crippen molar-refractivity contribution in [3.05, 3.63) is 54.0 Å². The third-order valence-electron chi connectivity index (χ3n) is 3.90. The van der Waals surface area contributed by atoms with Crippen LogP contribution in [0.25, 0.3) is 0 Å². The van der Waals surface area contributed by atoms with Crippen molar-refractivity contribution in [2.24, 2.45) is 0 Å². The average molecular weight is 311 g/mol. The molecule has 0 radical (unpaired) electrons. The van der Waals surface area contributed by atoms with Crippen LogP contribution in [0.5, 0.6) is 5.88 Å². The molecule has 0 aromatic carbocycles. The van der Waals surface area contributed by atoms with Gasteiger partial charge in [-0.25, -0.2) is 4.98 Å². The van der Waals surface area contributed by atoms with Gasteiger partial charge in [-0.2, -0.15) is 0 Å². The fourth-order valence-electron chi connectivity index (χ4n) is 2.93. The SMILES string of the molecule is CC(C)Oc1cccc(C(=O)N2CCCC2c2ccncc2)n1. The van der Waals surface area contributed by atoms with Gasteiger partial charge < -0.3 is 9.64 Å². The number of amides is 1. The van der Waals surface area contributed by atoms with Gasteiger partial charge in [0.05, 0.1) is 12.1 Å². The molecular weight excluding hydrogens is 290 g/mol. The summed E-state index contributed by atoms with van der Waals surface area (Å²) in [6.07, 6.45) is 5.54. The number of pyridine rings is 2. The van der Waals surface area contributed by atoms with Gasteiger partial charge in [0.1, 0.15) is 5.69 Å². The molecule has 1 saturated heterocycles. The molecule has 1 aliphatic rings. The zero-order valence-electron chi connectivity index (χ0n) is 13.5. The molecule has 1 aliphatic heterocycles. The number of ether oxygens (including phenoxy) is 1. The number of hydrogen-bond donors (Lipinski definition) is 0. The van der Waals surface area contributed by atoms with E-state index < -0.39 is 0 Å². The Morgan fingerprint density at radius 1 is 1.26 bits per heavy atom. The molecule has 2 aromatic rings. The lowest BCUT2D eigenvalue weighted by atomic mass is 10.1. The fraction of sp³-hybridized carbons (Fsp3) is 0.389. The molecule has 5 heteroatoms. The minimum Gasteiger partial charge on any atom is -0.475 e. The minimum atomic E-state index is -0.0430. The van der Waals surface area contributed by atoms with E-state index in [2.05, 4.69) is 9.97 Å². The van der Waals surface area contributed by atoms with E-state index in [1.807, 2.05) is 36.9 Å². The predicted octanol–water partition coefficient (Wildman–Crippen LogP) is 3.24. The summed E-state index contributed by atoms with van der Waals surface area (Å²) in [5.41, 5.74) is 1.56. The van der Waals surface area contributed by atoms with Gasteiger partial charge >= 0.3 is 0 Å². The molecule has 0 aliphatic carbocycles. The normalized spacial score (nSPS) is 17.5. The minimum absolute atomic E-state index is 0.0317. The van der Waals surface area contributed by atoms with Crippen molar-refractivity contribution in [1.29, 1.82) is 0 Å². The second-order valence-electron chi connectivity index (χ2n) is 5.96. The summed E-state index contributed by atoms with van der Waals surface area (Å²) in [6, 6.07) is 9.39. The van der Waals surface area contributed by atoms with Crippen molar-refractivity contribution < 1.29 is 9.53 Å². The molecule has 120 valence electrons. The van der Waals surface area contributed by atoms with E-state index in [0.717, 1.165) is 24.9 Å². The van der Waals surface area contributed by atoms with Crippen molar-refractivity contribution in [2.75, 3.05) is 6.54 Å². The Morgan fingerprint density at radius 2 is 2.04 bits per heavy atom. The van der Waals surface area contributed by atoms with Crippen LogP contribution >= 0.6 is 0 Å². The van der Waals surface area contributed by atoms with E-state index in [0.29, 0.717) is 11.6 Å². The molecular formula is C18H21N3O2. The number of carbonyl (C=O) groups is 1. The summed E-state index contributed by atoms with van der Waals surface area (Å²) in [6.45, 7) is 4.63. The Bertz CT molecular complexity index is 673. The fourth-order valence-corrected chi connectivity index (χ4v) is 2.93. The Hall–Kier alpha value is -2.43. The zero-order valence-corrected chi connectivity index (χ0v) is 13.5. The van der Waals surface area contributed by atoms with Crippen molar-refractivity contribution >= 4 is 5.91 Å². The summed E-state index contributed by atoms with van der Waals surface area (Å²) in [7, 11) is 0. The van der Waals surface area contributed by atoms with E-state index in [1.54, 1.807) is 24.5 Å². The summed E-state index contributed by atoms with van der Waals surface area (Å²) in [4.78, 5) is 23.2. The maximum absolute atomic E-state index is 12.9. The Labute approximate surface area is 136 Å². The van der Waals surface area contributed by atoms with Gasteiger partial charge in [0.2, 0.25) is 5.88 Å². The maximum Gasteiger partial charge on any atom is 0.273 e. The lowest BCUT2D eigenvalue weighted by Crippen LogP contribution is -2.31. The van der Waals surface area contributed by atoms with Gasteiger partial charge in [-0.05, 0) is 50.5 Å². The summed E-state index contributed by atoms with van der Waals surface area (Å²) < 4.78 is 5.59. The lowest BCUT2D eigenvalue weighted by molar-refractivity contribution is 0.0727. The van der Waals surface area contributed by atoms with Crippen LogP contribution in [0.4, 0.5) is 0 Å². The number of carbonyl (C=O) groups excluding carboxylic acids is 1. The van der Waals surface area contributed by atoms with Crippen LogP contribution in [-0.4, -0.2) is 33.4 Å². The molecule has 1 amide bonds. The van der Waals surface area contributed by atoms with Crippen LogP contribution in [0, 0.1) is 0 Å². The summed E-state index contributed by atoms with van der Waals surface area (Å²) in [5.74, 6) is 0.448. The first-order valence-corrected chi connectivity index (χ1v) is 8.00. The van der Waals surface area contributed by atoms with Gasteiger partial charge in [0.25, 0.3) is 5.91 Å². The largest absolute Gasteiger partial charge is 0.475 e. The Kier molecular flexibility index (Phi) is 4.55. The van der Waals surface area contributed by atoms with Gasteiger partial charge in [-0.1, -0.05) is 6.07 Å². The number of rotatable bonds is 4. The second kappa shape index (κ2) is 6.77. The lowest BCUT2D eigenvalue weighted by Gasteiger charge is -2.24. The van der Waals surface area contributed by atoms with Crippen LogP contribution in [0.2, 0.25) is 0 Å². The number of likely N-dealkylation sites (tertiary alicyclic amines) is 1. The van der Waals surface area contributed by atoms with Crippen molar-refractivity contribution in [2.45, 2.75) is 38.8 Å². The first-order chi connectivity index (χ1) is 11.1. The Balaban J connectivity index is 1.82. The molecule has 0 bridgehead atoms. The highest BCUT2D eigenvalue weighted by molar-refractivity contribution is 5.93. The highest BCUT2D eigenvalue weighted by atomic mass is 16.5. The molecule has 5 nitrogen and oxygen atoms in total. The molecule has 0 saturated carbocycles. The summed E-state index contributed by atoms with van der Waals surface area (Å²) in [5, 5.41) is 0. The smallest absolute Gasteiger partial charge is 0.273 e. The zero-order chi connectivity index (χ0) is 16.2. The molecule has 3 heterocycles. The first-order valence-electron chi connectivity index (χ1n) is 8.00. The first kappa shape index (κ1) is 15.5. The van der Waals surface area contributed by atoms with Crippen LogP contribution in [0.3, 0.4) is 0 Å².